The molecule has 10 saturated carbocycles. The molecule has 8 unspecified atom stereocenters. The van der Waals surface area contributed by atoms with Gasteiger partial charge in [-0.25, -0.2) is 0 Å². The molecular formula is C61H96O15. The Hall–Kier alpha value is -3.75. The van der Waals surface area contributed by atoms with Crippen LogP contribution >= 0.6 is 0 Å². The Morgan fingerprint density at radius 2 is 1.12 bits per heavy atom. The largest absolute Gasteiger partial charge is 0.465 e. The minimum atomic E-state index is -0.555. The van der Waals surface area contributed by atoms with Crippen molar-refractivity contribution in [2.75, 3.05) is 19.8 Å². The van der Waals surface area contributed by atoms with E-state index in [-0.39, 0.29) is 121 Å². The molecule has 0 aromatic heterocycles. The number of fused-ring (bicyclic) bond motifs is 1. The molecule has 430 valence electrons. The van der Waals surface area contributed by atoms with Gasteiger partial charge in [0, 0.05) is 18.8 Å². The summed E-state index contributed by atoms with van der Waals surface area (Å²) in [5.41, 5.74) is -2.80. The summed E-state index contributed by atoms with van der Waals surface area (Å²) in [7, 11) is 0. The molecule has 76 heavy (non-hydrogen) atoms. The molecular weight excluding hydrogens is 973 g/mol. The zero-order valence-electron chi connectivity index (χ0n) is 48.6. The summed E-state index contributed by atoms with van der Waals surface area (Å²) in [6, 6.07) is 0. The molecule has 8 atom stereocenters. The van der Waals surface area contributed by atoms with Crippen LogP contribution in [0.2, 0.25) is 0 Å². The lowest BCUT2D eigenvalue weighted by Crippen LogP contribution is -2.61. The van der Waals surface area contributed by atoms with Gasteiger partial charge in [0.2, 0.25) is 0 Å². The van der Waals surface area contributed by atoms with Crippen LogP contribution < -0.4 is 0 Å². The number of hydrogen-bond acceptors (Lipinski definition) is 15. The number of aliphatic hydroxyl groups is 1. The van der Waals surface area contributed by atoms with Crippen molar-refractivity contribution >= 4 is 41.8 Å². The Labute approximate surface area is 453 Å². The van der Waals surface area contributed by atoms with Crippen LogP contribution in [-0.4, -0.2) is 95.7 Å². The van der Waals surface area contributed by atoms with Crippen molar-refractivity contribution in [3.05, 3.63) is 0 Å². The Bertz CT molecular complexity index is 2110. The quantitative estimate of drug-likeness (QED) is 0.0867. The molecule has 0 aromatic rings. The zero-order valence-corrected chi connectivity index (χ0v) is 48.6. The maximum atomic E-state index is 12.5. The van der Waals surface area contributed by atoms with E-state index in [9.17, 15) is 38.7 Å². The van der Waals surface area contributed by atoms with Gasteiger partial charge in [-0.2, -0.15) is 0 Å². The van der Waals surface area contributed by atoms with E-state index in [0.717, 1.165) is 63.2 Å². The lowest BCUT2D eigenvalue weighted by Gasteiger charge is -2.59. The molecule has 1 N–H and O–H groups in total. The highest BCUT2D eigenvalue weighted by Gasteiger charge is 2.65. The van der Waals surface area contributed by atoms with Gasteiger partial charge in [0.15, 0.2) is 0 Å². The van der Waals surface area contributed by atoms with Gasteiger partial charge in [-0.05, 0) is 206 Å². The number of rotatable bonds is 16. The van der Waals surface area contributed by atoms with Gasteiger partial charge in [0.05, 0.1) is 58.7 Å². The van der Waals surface area contributed by atoms with Crippen molar-refractivity contribution in [2.45, 2.75) is 241 Å². The summed E-state index contributed by atoms with van der Waals surface area (Å²) in [5, 5.41) is 10.6. The molecule has 15 heteroatoms. The molecule has 2 aliphatic heterocycles. The third-order valence-electron chi connectivity index (χ3n) is 20.7. The van der Waals surface area contributed by atoms with Gasteiger partial charge < -0.3 is 38.3 Å². The van der Waals surface area contributed by atoms with E-state index in [1.165, 1.54) is 38.5 Å². The molecule has 2 heterocycles. The second-order valence-electron chi connectivity index (χ2n) is 28.1. The first kappa shape index (κ1) is 59.9. The Kier molecular flexibility index (Phi) is 18.0. The fourth-order valence-electron chi connectivity index (χ4n) is 14.7. The summed E-state index contributed by atoms with van der Waals surface area (Å²) in [6.07, 6.45) is 17.3. The van der Waals surface area contributed by atoms with E-state index in [0.29, 0.717) is 49.4 Å². The zero-order chi connectivity index (χ0) is 56.0. The number of carbonyl (C=O) groups is 7. The first-order valence-corrected chi connectivity index (χ1v) is 29.5. The average molecular weight is 1070 g/mol. The van der Waals surface area contributed by atoms with E-state index in [4.69, 9.17) is 33.2 Å². The highest BCUT2D eigenvalue weighted by Crippen LogP contribution is 2.61. The van der Waals surface area contributed by atoms with Crippen molar-refractivity contribution in [1.29, 1.82) is 0 Å². The Morgan fingerprint density at radius 3 is 1.63 bits per heavy atom. The van der Waals surface area contributed by atoms with Crippen molar-refractivity contribution in [2.24, 2.45) is 80.8 Å². The van der Waals surface area contributed by atoms with Gasteiger partial charge in [0.25, 0.3) is 0 Å². The van der Waals surface area contributed by atoms with Crippen LogP contribution in [0.1, 0.15) is 212 Å². The summed E-state index contributed by atoms with van der Waals surface area (Å²) >= 11 is 0. The SMILES string of the molecule is CCC(C)(C)C(=O)OC1(C)C2CC3CC(C2)CC1C3.CCC(C)(C)C(=O)OC12CC3CC(CC(O)(C3)C1)C2.CCC(C)(C)C(=O)OC1COC(=O)C1.CCC(C)(C)C(=O)OCCCOC(=O)C1C2CC3OC(=O)C1C3C2. The fourth-order valence-corrected chi connectivity index (χ4v) is 14.7. The molecule has 0 spiro atoms. The molecule has 10 aliphatic carbocycles. The van der Waals surface area contributed by atoms with E-state index in [1.54, 1.807) is 0 Å². The highest BCUT2D eigenvalue weighted by atomic mass is 16.6. The molecule has 0 radical (unpaired) electrons. The molecule has 2 saturated heterocycles. The standard InChI is InChI=1S/C18H26O6.C17H28O2.C16H26O3.C10H16O4/c1-4-18(2,3)17(21)23-7-5-6-22-15(19)13-10-8-11-12(9-10)24-16(20)14(11)13;1-5-16(2,3)15(18)19-17(4)13-7-11-6-12(9-13)10-14(17)8-11;1-4-14(2,3)13(17)19-16-8-11-5-12(9-16)7-15(18,6-11)10-16;1-4-10(2,3)9(12)14-7-5-8(11)13-6-7/h10-14H,4-9H2,1-3H3;11-14H,5-10H2,1-4H3;11-12,18H,4-10H2,1-3H3;7H,4-6H2,1-3H3. The molecule has 0 aromatic carbocycles. The van der Waals surface area contributed by atoms with Gasteiger partial charge in [-0.1, -0.05) is 27.7 Å². The van der Waals surface area contributed by atoms with E-state index in [2.05, 4.69) is 13.8 Å². The molecule has 12 aliphatic rings. The van der Waals surface area contributed by atoms with Crippen LogP contribution in [0.25, 0.3) is 0 Å². The van der Waals surface area contributed by atoms with Crippen LogP contribution in [-0.2, 0) is 66.7 Å². The minimum absolute atomic E-state index is 0.0185. The number of ether oxygens (including phenoxy) is 7. The average Bonchev–Trinajstić information content (AvgIpc) is 4.10. The monoisotopic (exact) mass is 1070 g/mol. The minimum Gasteiger partial charge on any atom is -0.465 e. The lowest BCUT2D eigenvalue weighted by atomic mass is 9.50. The molecule has 0 amide bonds. The summed E-state index contributed by atoms with van der Waals surface area (Å²) in [5.74, 6) is 2.61. The first-order chi connectivity index (χ1) is 35.4. The lowest BCUT2D eigenvalue weighted by molar-refractivity contribution is -0.225. The molecule has 10 bridgehead atoms. The van der Waals surface area contributed by atoms with Crippen LogP contribution in [0.3, 0.4) is 0 Å². The molecule has 15 nitrogen and oxygen atoms in total. The van der Waals surface area contributed by atoms with Crippen molar-refractivity contribution in [3.8, 4) is 0 Å². The number of cyclic esters (lactones) is 1. The van der Waals surface area contributed by atoms with E-state index < -0.39 is 21.8 Å². The van der Waals surface area contributed by atoms with E-state index in [1.807, 2.05) is 76.2 Å². The number of carbonyl (C=O) groups excluding carboxylic acids is 7. The Morgan fingerprint density at radius 1 is 0.618 bits per heavy atom. The fraction of sp³-hybridized carbons (Fsp3) is 0.885. The first-order valence-electron chi connectivity index (χ1n) is 29.5. The smallest absolute Gasteiger partial charge is 0.312 e. The predicted molar refractivity (Wildman–Crippen MR) is 281 cm³/mol. The Balaban J connectivity index is 0.000000150. The topological polar surface area (TPSA) is 204 Å². The van der Waals surface area contributed by atoms with Crippen LogP contribution in [0, 0.1) is 80.8 Å². The van der Waals surface area contributed by atoms with Gasteiger partial charge in [-0.15, -0.1) is 0 Å². The third kappa shape index (κ3) is 13.0. The second kappa shape index (κ2) is 22.8. The maximum absolute atomic E-state index is 12.5. The second-order valence-corrected chi connectivity index (χ2v) is 28.1. The van der Waals surface area contributed by atoms with Crippen LogP contribution in [0.5, 0.6) is 0 Å². The van der Waals surface area contributed by atoms with E-state index >= 15 is 0 Å². The van der Waals surface area contributed by atoms with Crippen LogP contribution in [0.4, 0.5) is 0 Å². The predicted octanol–water partition coefficient (Wildman–Crippen LogP) is 10.6. The van der Waals surface area contributed by atoms with Gasteiger partial charge >= 0.3 is 41.8 Å². The molecule has 12 rings (SSSR count). The van der Waals surface area contributed by atoms with Crippen molar-refractivity contribution in [3.63, 3.8) is 0 Å². The van der Waals surface area contributed by atoms with Crippen molar-refractivity contribution < 1.29 is 71.8 Å². The van der Waals surface area contributed by atoms with Gasteiger partial charge in [0.1, 0.15) is 30.0 Å². The normalized spacial score (nSPS) is 36.8. The third-order valence-corrected chi connectivity index (χ3v) is 20.7. The highest BCUT2D eigenvalue weighted by molar-refractivity contribution is 5.86. The van der Waals surface area contributed by atoms with Gasteiger partial charge in [-0.3, -0.25) is 33.6 Å². The number of hydrogen-bond donors (Lipinski definition) is 1. The van der Waals surface area contributed by atoms with Crippen LogP contribution in [0.15, 0.2) is 0 Å². The maximum Gasteiger partial charge on any atom is 0.312 e. The summed E-state index contributed by atoms with van der Waals surface area (Å²) in [6.45, 7) is 26.1. The van der Waals surface area contributed by atoms with Crippen molar-refractivity contribution in [1.82, 2.24) is 0 Å². The molecule has 12 fully saturated rings. The number of esters is 7. The summed E-state index contributed by atoms with van der Waals surface area (Å²) in [4.78, 5) is 83.2. The summed E-state index contributed by atoms with van der Waals surface area (Å²) < 4.78 is 37.8.